The molecule has 0 aromatic rings. The molecule has 0 heterocycles. The fourth-order valence-electron chi connectivity index (χ4n) is 2.15. The van der Waals surface area contributed by atoms with Crippen molar-refractivity contribution < 1.29 is 14.7 Å². The second-order valence-corrected chi connectivity index (χ2v) is 4.69. The van der Waals surface area contributed by atoms with Gasteiger partial charge in [0.25, 0.3) is 0 Å². The summed E-state index contributed by atoms with van der Waals surface area (Å²) in [5, 5.41) is 11.8. The van der Waals surface area contributed by atoms with Gasteiger partial charge in [-0.3, -0.25) is 0 Å². The molecule has 2 saturated carbocycles. The topological polar surface area (TPSA) is 69.6 Å². The van der Waals surface area contributed by atoms with Crippen molar-refractivity contribution in [3.8, 4) is 0 Å². The predicted octanol–water partition coefficient (Wildman–Crippen LogP) is 1.19. The molecule has 2 aliphatic carbocycles. The van der Waals surface area contributed by atoms with Crippen molar-refractivity contribution in [1.29, 1.82) is 0 Å². The number of carbonyl (C=O) groups is 2. The zero-order valence-corrected chi connectivity index (χ0v) is 9.53. The Hall–Kier alpha value is -1.26. The van der Waals surface area contributed by atoms with Gasteiger partial charge < -0.3 is 15.3 Å². The monoisotopic (exact) mass is 226 g/mol. The van der Waals surface area contributed by atoms with Crippen LogP contribution < -0.4 is 5.32 Å². The molecule has 5 heteroatoms. The number of rotatable bonds is 4. The Labute approximate surface area is 94.8 Å². The van der Waals surface area contributed by atoms with Crippen LogP contribution in [0.25, 0.3) is 0 Å². The van der Waals surface area contributed by atoms with Gasteiger partial charge in [0.2, 0.25) is 0 Å². The lowest BCUT2D eigenvalue weighted by atomic mass is 9.77. The van der Waals surface area contributed by atoms with E-state index in [-0.39, 0.29) is 6.03 Å². The number of carbonyl (C=O) groups excluding carboxylic acids is 1. The normalized spacial score (nSPS) is 22.1. The fraction of sp³-hybridized carbons (Fsp3) is 0.818. The van der Waals surface area contributed by atoms with E-state index in [1.54, 1.807) is 4.90 Å². The molecule has 2 N–H and O–H groups in total. The van der Waals surface area contributed by atoms with E-state index in [2.05, 4.69) is 5.32 Å². The molecule has 0 spiro atoms. The van der Waals surface area contributed by atoms with Crippen LogP contribution in [0.2, 0.25) is 0 Å². The van der Waals surface area contributed by atoms with E-state index >= 15 is 0 Å². The first kappa shape index (κ1) is 11.2. The zero-order chi connectivity index (χ0) is 11.8. The van der Waals surface area contributed by atoms with Crippen LogP contribution in [-0.4, -0.2) is 40.1 Å². The molecule has 0 aliphatic heterocycles. The maximum atomic E-state index is 11.9. The van der Waals surface area contributed by atoms with Gasteiger partial charge in [-0.05, 0) is 39.0 Å². The van der Waals surface area contributed by atoms with Gasteiger partial charge in [0.05, 0.1) is 0 Å². The average Bonchev–Trinajstić information content (AvgIpc) is 2.96. The summed E-state index contributed by atoms with van der Waals surface area (Å²) in [7, 11) is 0. The van der Waals surface area contributed by atoms with Crippen LogP contribution in [0.4, 0.5) is 4.79 Å². The van der Waals surface area contributed by atoms with Gasteiger partial charge in [-0.1, -0.05) is 0 Å². The van der Waals surface area contributed by atoms with E-state index in [1.165, 1.54) is 0 Å². The van der Waals surface area contributed by atoms with E-state index in [0.29, 0.717) is 25.4 Å². The number of carboxylic acids is 1. The van der Waals surface area contributed by atoms with Gasteiger partial charge in [0.1, 0.15) is 5.54 Å². The van der Waals surface area contributed by atoms with Crippen molar-refractivity contribution in [2.45, 2.75) is 50.6 Å². The molecular formula is C11H18N2O3. The second kappa shape index (κ2) is 3.96. The first-order valence-electron chi connectivity index (χ1n) is 5.91. The number of aliphatic carboxylic acids is 1. The van der Waals surface area contributed by atoms with Gasteiger partial charge >= 0.3 is 12.0 Å². The third-order valence-corrected chi connectivity index (χ3v) is 3.55. The van der Waals surface area contributed by atoms with Crippen LogP contribution in [0.5, 0.6) is 0 Å². The zero-order valence-electron chi connectivity index (χ0n) is 9.53. The summed E-state index contributed by atoms with van der Waals surface area (Å²) in [4.78, 5) is 24.8. The summed E-state index contributed by atoms with van der Waals surface area (Å²) >= 11 is 0. The minimum absolute atomic E-state index is 0.216. The molecule has 0 aromatic heterocycles. The Kier molecular flexibility index (Phi) is 2.78. The van der Waals surface area contributed by atoms with Crippen molar-refractivity contribution in [3.05, 3.63) is 0 Å². The predicted molar refractivity (Wildman–Crippen MR) is 58.2 cm³/mol. The number of hydrogen-bond acceptors (Lipinski definition) is 2. The lowest BCUT2D eigenvalue weighted by Gasteiger charge is -2.39. The summed E-state index contributed by atoms with van der Waals surface area (Å²) in [5.41, 5.74) is -0.987. The highest BCUT2D eigenvalue weighted by Gasteiger charge is 2.47. The molecule has 2 aliphatic rings. The number of carboxylic acid groups (broad SMARTS) is 1. The lowest BCUT2D eigenvalue weighted by Crippen LogP contribution is -2.61. The highest BCUT2D eigenvalue weighted by atomic mass is 16.4. The van der Waals surface area contributed by atoms with Crippen molar-refractivity contribution in [1.82, 2.24) is 10.2 Å². The van der Waals surface area contributed by atoms with Crippen molar-refractivity contribution >= 4 is 12.0 Å². The molecule has 0 bridgehead atoms. The van der Waals surface area contributed by atoms with Gasteiger partial charge in [0, 0.05) is 12.6 Å². The molecule has 0 aromatic carbocycles. The molecule has 2 fully saturated rings. The lowest BCUT2D eigenvalue weighted by molar-refractivity contribution is -0.148. The molecule has 0 atom stereocenters. The molecule has 16 heavy (non-hydrogen) atoms. The number of amides is 2. The summed E-state index contributed by atoms with van der Waals surface area (Å²) in [5.74, 6) is -0.904. The van der Waals surface area contributed by atoms with Crippen molar-refractivity contribution in [3.63, 3.8) is 0 Å². The quantitative estimate of drug-likeness (QED) is 0.756. The Bertz CT molecular complexity index is 308. The number of nitrogens with one attached hydrogen (secondary N) is 1. The largest absolute Gasteiger partial charge is 0.480 e. The number of hydrogen-bond donors (Lipinski definition) is 2. The molecule has 2 amide bonds. The van der Waals surface area contributed by atoms with E-state index in [4.69, 9.17) is 5.11 Å². The van der Waals surface area contributed by atoms with Crippen molar-refractivity contribution in [2.24, 2.45) is 0 Å². The fourth-order valence-corrected chi connectivity index (χ4v) is 2.15. The molecule has 90 valence electrons. The van der Waals surface area contributed by atoms with Gasteiger partial charge in [-0.25, -0.2) is 9.59 Å². The smallest absolute Gasteiger partial charge is 0.329 e. The SMILES string of the molecule is CCN(C(=O)NC1(C(=O)O)CCC1)C1CC1. The molecular weight excluding hydrogens is 208 g/mol. The molecule has 0 unspecified atom stereocenters. The first-order chi connectivity index (χ1) is 7.59. The standard InChI is InChI=1S/C11H18N2O3/c1-2-13(8-4-5-8)10(16)12-11(9(14)15)6-3-7-11/h8H,2-7H2,1H3,(H,12,16)(H,14,15). The van der Waals surface area contributed by atoms with Crippen LogP contribution in [-0.2, 0) is 4.79 Å². The maximum absolute atomic E-state index is 11.9. The minimum atomic E-state index is -0.987. The van der Waals surface area contributed by atoms with Crippen LogP contribution >= 0.6 is 0 Å². The minimum Gasteiger partial charge on any atom is -0.480 e. The van der Waals surface area contributed by atoms with Gasteiger partial charge in [0.15, 0.2) is 0 Å². The summed E-state index contributed by atoms with van der Waals surface area (Å²) in [6.07, 6.45) is 4.07. The highest BCUT2D eigenvalue weighted by molar-refractivity contribution is 5.87. The first-order valence-corrected chi connectivity index (χ1v) is 5.91. The summed E-state index contributed by atoms with van der Waals surface area (Å²) < 4.78 is 0. The Morgan fingerprint density at radius 3 is 2.38 bits per heavy atom. The average molecular weight is 226 g/mol. The summed E-state index contributed by atoms with van der Waals surface area (Å²) in [6, 6.07) is 0.114. The Morgan fingerprint density at radius 1 is 1.44 bits per heavy atom. The summed E-state index contributed by atoms with van der Waals surface area (Å²) in [6.45, 7) is 2.57. The number of nitrogens with zero attached hydrogens (tertiary/aromatic N) is 1. The Morgan fingerprint density at radius 2 is 2.06 bits per heavy atom. The third-order valence-electron chi connectivity index (χ3n) is 3.55. The van der Waals surface area contributed by atoms with E-state index in [0.717, 1.165) is 19.3 Å². The molecule has 0 radical (unpaired) electrons. The molecule has 5 nitrogen and oxygen atoms in total. The number of urea groups is 1. The van der Waals surface area contributed by atoms with Crippen molar-refractivity contribution in [2.75, 3.05) is 6.54 Å². The van der Waals surface area contributed by atoms with Crippen LogP contribution in [0.1, 0.15) is 39.0 Å². The molecule has 2 rings (SSSR count). The van der Waals surface area contributed by atoms with Gasteiger partial charge in [-0.15, -0.1) is 0 Å². The van der Waals surface area contributed by atoms with E-state index in [9.17, 15) is 9.59 Å². The van der Waals surface area contributed by atoms with Crippen LogP contribution in [0, 0.1) is 0 Å². The maximum Gasteiger partial charge on any atom is 0.329 e. The van der Waals surface area contributed by atoms with Gasteiger partial charge in [-0.2, -0.15) is 0 Å². The second-order valence-electron chi connectivity index (χ2n) is 4.69. The van der Waals surface area contributed by atoms with Crippen LogP contribution in [0.15, 0.2) is 0 Å². The highest BCUT2D eigenvalue weighted by Crippen LogP contribution is 2.33. The van der Waals surface area contributed by atoms with E-state index in [1.807, 2.05) is 6.92 Å². The third kappa shape index (κ3) is 1.86. The van der Waals surface area contributed by atoms with E-state index < -0.39 is 11.5 Å². The molecule has 0 saturated heterocycles. The van der Waals surface area contributed by atoms with Crippen LogP contribution in [0.3, 0.4) is 0 Å². The Balaban J connectivity index is 1.97.